The third kappa shape index (κ3) is 8.06. The van der Waals surface area contributed by atoms with Crippen LogP contribution in [0, 0.1) is 17.3 Å². The molecule has 1 atom stereocenters. The molecule has 0 aliphatic rings. The highest BCUT2D eigenvalue weighted by Gasteiger charge is 2.22. The van der Waals surface area contributed by atoms with Gasteiger partial charge >= 0.3 is 0 Å². The summed E-state index contributed by atoms with van der Waals surface area (Å²) in [6.45, 7) is 13.8. The Bertz CT molecular complexity index is 89.7. The lowest BCUT2D eigenvalue weighted by Crippen LogP contribution is -2.21. The van der Waals surface area contributed by atoms with Gasteiger partial charge in [0, 0.05) is 14.2 Å². The Balaban J connectivity index is 0. The fourth-order valence-corrected chi connectivity index (χ4v) is 1.00. The van der Waals surface area contributed by atoms with Crippen LogP contribution in [0.4, 0.5) is 0 Å². The van der Waals surface area contributed by atoms with Crippen molar-refractivity contribution >= 4 is 0 Å². The van der Waals surface area contributed by atoms with Crippen molar-refractivity contribution < 1.29 is 4.74 Å². The highest BCUT2D eigenvalue weighted by Crippen LogP contribution is 2.30. The molecule has 0 spiro atoms. The highest BCUT2D eigenvalue weighted by molar-refractivity contribution is 4.71. The minimum Gasteiger partial charge on any atom is -0.388 e. The van der Waals surface area contributed by atoms with Crippen LogP contribution in [0.3, 0.4) is 0 Å². The van der Waals surface area contributed by atoms with Gasteiger partial charge in [-0.05, 0) is 17.3 Å². The molecule has 0 fully saturated rings. The van der Waals surface area contributed by atoms with Crippen molar-refractivity contribution in [1.29, 1.82) is 0 Å². The van der Waals surface area contributed by atoms with Gasteiger partial charge < -0.3 is 4.74 Å². The van der Waals surface area contributed by atoms with Gasteiger partial charge in [0.1, 0.15) is 0 Å². The molecule has 1 nitrogen and oxygen atoms in total. The lowest BCUT2D eigenvalue weighted by Gasteiger charge is -2.30. The van der Waals surface area contributed by atoms with Crippen molar-refractivity contribution in [3.8, 4) is 0 Å². The van der Waals surface area contributed by atoms with E-state index in [2.05, 4.69) is 46.3 Å². The van der Waals surface area contributed by atoms with E-state index in [0.717, 1.165) is 11.8 Å². The van der Waals surface area contributed by atoms with E-state index in [1.807, 2.05) is 0 Å². The van der Waals surface area contributed by atoms with Crippen LogP contribution in [-0.4, -0.2) is 14.2 Å². The molecule has 0 aliphatic carbocycles. The topological polar surface area (TPSA) is 9.23 Å². The zero-order chi connectivity index (χ0) is 10.4. The first kappa shape index (κ1) is 14.5. The van der Waals surface area contributed by atoms with Crippen LogP contribution in [0.25, 0.3) is 0 Å². The van der Waals surface area contributed by atoms with Crippen molar-refractivity contribution in [1.82, 2.24) is 0 Å². The van der Waals surface area contributed by atoms with Crippen LogP contribution in [0.2, 0.25) is 0 Å². The van der Waals surface area contributed by atoms with Crippen LogP contribution in [0.1, 0.15) is 41.5 Å². The molecule has 0 heterocycles. The largest absolute Gasteiger partial charge is 0.388 e. The van der Waals surface area contributed by atoms with E-state index in [9.17, 15) is 0 Å². The maximum Gasteiger partial charge on any atom is 0.0351 e. The van der Waals surface area contributed by atoms with E-state index in [1.54, 1.807) is 14.2 Å². The summed E-state index contributed by atoms with van der Waals surface area (Å²) in [5.74, 6) is 1.63. The van der Waals surface area contributed by atoms with Gasteiger partial charge in [-0.2, -0.15) is 0 Å². The molecule has 0 aliphatic heterocycles. The Labute approximate surface area is 78.5 Å². The molecule has 0 N–H and O–H groups in total. The van der Waals surface area contributed by atoms with E-state index in [-0.39, 0.29) is 0 Å². The van der Waals surface area contributed by atoms with E-state index in [4.69, 9.17) is 0 Å². The average molecular weight is 174 g/mol. The van der Waals surface area contributed by atoms with Crippen LogP contribution in [-0.2, 0) is 4.74 Å². The lowest BCUT2D eigenvalue weighted by molar-refractivity contribution is 0.199. The smallest absolute Gasteiger partial charge is 0.0351 e. The highest BCUT2D eigenvalue weighted by atomic mass is 16.4. The van der Waals surface area contributed by atoms with Gasteiger partial charge in [-0.15, -0.1) is 0 Å². The Morgan fingerprint density at radius 3 is 1.17 bits per heavy atom. The van der Waals surface area contributed by atoms with Gasteiger partial charge in [0.15, 0.2) is 0 Å². The molecule has 0 radical (unpaired) electrons. The van der Waals surface area contributed by atoms with Crippen molar-refractivity contribution in [2.75, 3.05) is 14.2 Å². The number of ether oxygens (including phenoxy) is 1. The minimum absolute atomic E-state index is 0.480. The van der Waals surface area contributed by atoms with Gasteiger partial charge in [0.2, 0.25) is 0 Å². The molecule has 0 aromatic carbocycles. The van der Waals surface area contributed by atoms with Gasteiger partial charge in [0.05, 0.1) is 0 Å². The fourth-order valence-electron chi connectivity index (χ4n) is 1.00. The van der Waals surface area contributed by atoms with E-state index >= 15 is 0 Å². The van der Waals surface area contributed by atoms with E-state index in [1.165, 1.54) is 0 Å². The molecular formula is C11H26O. The molecule has 0 rings (SSSR count). The third-order valence-corrected chi connectivity index (χ3v) is 2.37. The molecule has 0 bridgehead atoms. The molecule has 1 heteroatoms. The maximum absolute atomic E-state index is 4.25. The van der Waals surface area contributed by atoms with Gasteiger partial charge in [-0.25, -0.2) is 0 Å². The van der Waals surface area contributed by atoms with Gasteiger partial charge in [-0.1, -0.05) is 41.5 Å². The fraction of sp³-hybridized carbons (Fsp3) is 1.00. The summed E-state index contributed by atoms with van der Waals surface area (Å²) < 4.78 is 4.25. The first-order chi connectivity index (χ1) is 5.27. The minimum atomic E-state index is 0.480. The monoisotopic (exact) mass is 174 g/mol. The number of methoxy groups -OCH3 is 1. The lowest BCUT2D eigenvalue weighted by atomic mass is 9.76. The molecular weight excluding hydrogens is 148 g/mol. The third-order valence-electron chi connectivity index (χ3n) is 2.37. The normalized spacial score (nSPS) is 13.8. The summed E-state index contributed by atoms with van der Waals surface area (Å²) in [6, 6.07) is 0. The quantitative estimate of drug-likeness (QED) is 0.590. The molecule has 0 saturated heterocycles. The summed E-state index contributed by atoms with van der Waals surface area (Å²) in [5.41, 5.74) is 0.480. The van der Waals surface area contributed by atoms with Crippen molar-refractivity contribution in [2.45, 2.75) is 41.5 Å². The molecule has 0 saturated carbocycles. The number of hydrogen-bond donors (Lipinski definition) is 0. The molecule has 0 aromatic rings. The van der Waals surface area contributed by atoms with Crippen LogP contribution >= 0.6 is 0 Å². The Kier molecular flexibility index (Phi) is 7.81. The Hall–Kier alpha value is -0.0400. The van der Waals surface area contributed by atoms with Crippen LogP contribution in [0.5, 0.6) is 0 Å². The van der Waals surface area contributed by atoms with Crippen LogP contribution < -0.4 is 0 Å². The summed E-state index contributed by atoms with van der Waals surface area (Å²) in [6.07, 6.45) is 0. The SMILES string of the molecule is CC(C)C(C)C(C)(C)C.COC. The van der Waals surface area contributed by atoms with Crippen molar-refractivity contribution in [3.05, 3.63) is 0 Å². The molecule has 0 amide bonds. The molecule has 76 valence electrons. The standard InChI is InChI=1S/C9H20.C2H6O/c1-7(2)8(3)9(4,5)6;1-3-2/h7-8H,1-6H3;1-2H3. The van der Waals surface area contributed by atoms with Gasteiger partial charge in [-0.3, -0.25) is 0 Å². The Morgan fingerprint density at radius 1 is 0.917 bits per heavy atom. The molecule has 0 aromatic heterocycles. The molecule has 1 unspecified atom stereocenters. The average Bonchev–Trinajstić information content (AvgIpc) is 1.85. The summed E-state index contributed by atoms with van der Waals surface area (Å²) in [4.78, 5) is 0. The zero-order valence-electron chi connectivity index (χ0n) is 10.1. The molecule has 12 heavy (non-hydrogen) atoms. The summed E-state index contributed by atoms with van der Waals surface area (Å²) in [7, 11) is 3.25. The second-order valence-corrected chi connectivity index (χ2v) is 4.81. The van der Waals surface area contributed by atoms with Crippen LogP contribution in [0.15, 0.2) is 0 Å². The van der Waals surface area contributed by atoms with Crippen molar-refractivity contribution in [2.24, 2.45) is 17.3 Å². The number of hydrogen-bond acceptors (Lipinski definition) is 1. The number of rotatable bonds is 1. The van der Waals surface area contributed by atoms with E-state index in [0.29, 0.717) is 5.41 Å². The maximum atomic E-state index is 4.25. The summed E-state index contributed by atoms with van der Waals surface area (Å²) >= 11 is 0. The predicted molar refractivity (Wildman–Crippen MR) is 56.4 cm³/mol. The second kappa shape index (κ2) is 6.47. The second-order valence-electron chi connectivity index (χ2n) is 4.81. The predicted octanol–water partition coefficient (Wildman–Crippen LogP) is 3.59. The summed E-state index contributed by atoms with van der Waals surface area (Å²) in [5, 5.41) is 0. The first-order valence-corrected chi connectivity index (χ1v) is 4.67. The zero-order valence-corrected chi connectivity index (χ0v) is 10.1. The van der Waals surface area contributed by atoms with E-state index < -0.39 is 0 Å². The van der Waals surface area contributed by atoms with Gasteiger partial charge in [0.25, 0.3) is 0 Å². The Morgan fingerprint density at radius 2 is 1.17 bits per heavy atom. The first-order valence-electron chi connectivity index (χ1n) is 4.67. The van der Waals surface area contributed by atoms with Crippen molar-refractivity contribution in [3.63, 3.8) is 0 Å².